The lowest BCUT2D eigenvalue weighted by molar-refractivity contribution is -0.137. The van der Waals surface area contributed by atoms with Crippen LogP contribution in [0.3, 0.4) is 0 Å². The standard InChI is InChI=1S/C20H23N3O4/c24-17(7-10-20(12-9-19(26)27)11-8-18(25)23-20)21-13-15-6-5-14-3-1-2-4-16(14)22-15/h1-6H,7-13H2,(H,21,24)(H,23,25)(H,26,27)/t20-/m1/s1. The van der Waals surface area contributed by atoms with Crippen LogP contribution in [0.5, 0.6) is 0 Å². The zero-order valence-corrected chi connectivity index (χ0v) is 15.0. The second kappa shape index (κ2) is 8.16. The summed E-state index contributed by atoms with van der Waals surface area (Å²) in [6, 6.07) is 11.6. The van der Waals surface area contributed by atoms with Gasteiger partial charge in [0, 0.05) is 30.2 Å². The first-order chi connectivity index (χ1) is 13.0. The molecule has 0 unspecified atom stereocenters. The minimum absolute atomic E-state index is 0.0249. The summed E-state index contributed by atoms with van der Waals surface area (Å²) in [4.78, 5) is 39.2. The number of pyridine rings is 1. The van der Waals surface area contributed by atoms with Gasteiger partial charge in [-0.2, -0.15) is 0 Å². The Bertz CT molecular complexity index is 867. The average Bonchev–Trinajstić information content (AvgIpc) is 3.04. The number of carboxylic acids is 1. The summed E-state index contributed by atoms with van der Waals surface area (Å²) in [6.45, 7) is 0.332. The van der Waals surface area contributed by atoms with Gasteiger partial charge in [0.2, 0.25) is 11.8 Å². The summed E-state index contributed by atoms with van der Waals surface area (Å²) in [7, 11) is 0. The van der Waals surface area contributed by atoms with E-state index in [4.69, 9.17) is 5.11 Å². The van der Waals surface area contributed by atoms with E-state index in [-0.39, 0.29) is 24.7 Å². The molecule has 142 valence electrons. The van der Waals surface area contributed by atoms with Gasteiger partial charge in [-0.3, -0.25) is 19.4 Å². The van der Waals surface area contributed by atoms with Gasteiger partial charge in [-0.15, -0.1) is 0 Å². The smallest absolute Gasteiger partial charge is 0.303 e. The molecule has 7 heteroatoms. The molecule has 0 bridgehead atoms. The van der Waals surface area contributed by atoms with Crippen molar-refractivity contribution >= 4 is 28.7 Å². The average molecular weight is 369 g/mol. The van der Waals surface area contributed by atoms with E-state index in [0.29, 0.717) is 32.2 Å². The number of carbonyl (C=O) groups is 3. The van der Waals surface area contributed by atoms with Crippen molar-refractivity contribution in [3.05, 3.63) is 42.1 Å². The topological polar surface area (TPSA) is 108 Å². The number of rotatable bonds is 8. The Morgan fingerprint density at radius 2 is 1.93 bits per heavy atom. The van der Waals surface area contributed by atoms with E-state index in [0.717, 1.165) is 16.6 Å². The van der Waals surface area contributed by atoms with Gasteiger partial charge in [0.25, 0.3) is 0 Å². The molecule has 7 nitrogen and oxygen atoms in total. The number of amides is 2. The number of hydrogen-bond acceptors (Lipinski definition) is 4. The predicted octanol–water partition coefficient (Wildman–Crippen LogP) is 2.14. The van der Waals surface area contributed by atoms with E-state index in [2.05, 4.69) is 15.6 Å². The maximum Gasteiger partial charge on any atom is 0.303 e. The first-order valence-electron chi connectivity index (χ1n) is 9.10. The van der Waals surface area contributed by atoms with Crippen molar-refractivity contribution in [1.82, 2.24) is 15.6 Å². The minimum atomic E-state index is -0.901. The Kier molecular flexibility index (Phi) is 5.69. The highest BCUT2D eigenvalue weighted by molar-refractivity contribution is 5.81. The van der Waals surface area contributed by atoms with E-state index >= 15 is 0 Å². The summed E-state index contributed by atoms with van der Waals surface area (Å²) in [5.74, 6) is -1.12. The number of nitrogens with zero attached hydrogens (tertiary/aromatic N) is 1. The van der Waals surface area contributed by atoms with Gasteiger partial charge in [-0.25, -0.2) is 0 Å². The number of carboxylic acid groups (broad SMARTS) is 1. The second-order valence-corrected chi connectivity index (χ2v) is 6.99. The van der Waals surface area contributed by atoms with Crippen LogP contribution >= 0.6 is 0 Å². The van der Waals surface area contributed by atoms with Crippen LogP contribution in [0, 0.1) is 0 Å². The summed E-state index contributed by atoms with van der Waals surface area (Å²) in [6.07, 6.45) is 1.92. The molecule has 0 saturated carbocycles. The monoisotopic (exact) mass is 369 g/mol. The molecule has 3 rings (SSSR count). The lowest BCUT2D eigenvalue weighted by Gasteiger charge is -2.28. The molecule has 0 aliphatic carbocycles. The molecule has 0 spiro atoms. The van der Waals surface area contributed by atoms with E-state index in [1.165, 1.54) is 0 Å². The molecule has 1 aromatic heterocycles. The number of para-hydroxylation sites is 1. The first kappa shape index (κ1) is 18.8. The van der Waals surface area contributed by atoms with Crippen molar-refractivity contribution < 1.29 is 19.5 Å². The molecule has 1 aromatic carbocycles. The third-order valence-corrected chi connectivity index (χ3v) is 5.01. The van der Waals surface area contributed by atoms with Crippen molar-refractivity contribution in [1.29, 1.82) is 0 Å². The fraction of sp³-hybridized carbons (Fsp3) is 0.400. The van der Waals surface area contributed by atoms with Crippen molar-refractivity contribution in [3.63, 3.8) is 0 Å². The minimum Gasteiger partial charge on any atom is -0.481 e. The zero-order chi connectivity index (χ0) is 19.3. The molecule has 1 aliphatic rings. The van der Waals surface area contributed by atoms with Crippen molar-refractivity contribution in [2.75, 3.05) is 0 Å². The van der Waals surface area contributed by atoms with Gasteiger partial charge >= 0.3 is 5.97 Å². The third kappa shape index (κ3) is 5.03. The fourth-order valence-electron chi connectivity index (χ4n) is 3.46. The van der Waals surface area contributed by atoms with Crippen LogP contribution in [0.1, 0.15) is 44.2 Å². The van der Waals surface area contributed by atoms with Gasteiger partial charge in [0.1, 0.15) is 0 Å². The lowest BCUT2D eigenvalue weighted by Crippen LogP contribution is -2.43. The van der Waals surface area contributed by atoms with E-state index in [9.17, 15) is 14.4 Å². The number of benzene rings is 1. The summed E-state index contributed by atoms with van der Waals surface area (Å²) in [5.41, 5.74) is 1.07. The highest BCUT2D eigenvalue weighted by atomic mass is 16.4. The molecule has 3 N–H and O–H groups in total. The molecule has 2 amide bonds. The highest BCUT2D eigenvalue weighted by Crippen LogP contribution is 2.30. The van der Waals surface area contributed by atoms with Crippen molar-refractivity contribution in [3.8, 4) is 0 Å². The Morgan fingerprint density at radius 1 is 1.15 bits per heavy atom. The van der Waals surface area contributed by atoms with Crippen LogP contribution in [-0.2, 0) is 20.9 Å². The lowest BCUT2D eigenvalue weighted by atomic mass is 9.86. The van der Waals surface area contributed by atoms with Crippen LogP contribution in [0.4, 0.5) is 0 Å². The number of aromatic nitrogens is 1. The maximum atomic E-state index is 12.2. The van der Waals surface area contributed by atoms with Crippen LogP contribution < -0.4 is 10.6 Å². The predicted molar refractivity (Wildman–Crippen MR) is 99.8 cm³/mol. The maximum absolute atomic E-state index is 12.2. The van der Waals surface area contributed by atoms with Gasteiger partial charge in [-0.05, 0) is 31.4 Å². The normalized spacial score (nSPS) is 19.0. The molecule has 1 saturated heterocycles. The Morgan fingerprint density at radius 3 is 2.67 bits per heavy atom. The van der Waals surface area contributed by atoms with Crippen LogP contribution in [0.15, 0.2) is 36.4 Å². The summed E-state index contributed by atoms with van der Waals surface area (Å²) >= 11 is 0. The number of carbonyl (C=O) groups excluding carboxylic acids is 2. The van der Waals surface area contributed by atoms with E-state index in [1.54, 1.807) is 0 Å². The van der Waals surface area contributed by atoms with Crippen LogP contribution in [0.2, 0.25) is 0 Å². The molecule has 1 atom stereocenters. The molecular formula is C20H23N3O4. The molecule has 2 aromatic rings. The van der Waals surface area contributed by atoms with Gasteiger partial charge < -0.3 is 15.7 Å². The van der Waals surface area contributed by atoms with E-state index in [1.807, 2.05) is 36.4 Å². The number of hydrogen-bond donors (Lipinski definition) is 3. The number of nitrogens with one attached hydrogen (secondary N) is 2. The molecular weight excluding hydrogens is 346 g/mol. The van der Waals surface area contributed by atoms with Crippen molar-refractivity contribution in [2.24, 2.45) is 0 Å². The third-order valence-electron chi connectivity index (χ3n) is 5.01. The molecule has 27 heavy (non-hydrogen) atoms. The Hall–Kier alpha value is -2.96. The van der Waals surface area contributed by atoms with E-state index < -0.39 is 11.5 Å². The van der Waals surface area contributed by atoms with Crippen LogP contribution in [-0.4, -0.2) is 33.4 Å². The zero-order valence-electron chi connectivity index (χ0n) is 15.0. The summed E-state index contributed by atoms with van der Waals surface area (Å²) in [5, 5.41) is 15.7. The van der Waals surface area contributed by atoms with Gasteiger partial charge in [0.15, 0.2) is 0 Å². The van der Waals surface area contributed by atoms with Gasteiger partial charge in [-0.1, -0.05) is 24.3 Å². The summed E-state index contributed by atoms with van der Waals surface area (Å²) < 4.78 is 0. The quantitative estimate of drug-likeness (QED) is 0.661. The second-order valence-electron chi connectivity index (χ2n) is 6.99. The SMILES string of the molecule is O=C(O)CC[C@@]1(CCC(=O)NCc2ccc3ccccc3n2)CCC(=O)N1. The molecule has 1 fully saturated rings. The van der Waals surface area contributed by atoms with Gasteiger partial charge in [0.05, 0.1) is 17.8 Å². The Balaban J connectivity index is 1.53. The molecule has 2 heterocycles. The highest BCUT2D eigenvalue weighted by Gasteiger charge is 2.37. The fourth-order valence-corrected chi connectivity index (χ4v) is 3.46. The Labute approximate surface area is 157 Å². The molecule has 0 radical (unpaired) electrons. The number of aliphatic carboxylic acids is 1. The number of fused-ring (bicyclic) bond motifs is 1. The first-order valence-corrected chi connectivity index (χ1v) is 9.10. The molecule has 1 aliphatic heterocycles. The van der Waals surface area contributed by atoms with Crippen LogP contribution in [0.25, 0.3) is 10.9 Å². The largest absolute Gasteiger partial charge is 0.481 e. The van der Waals surface area contributed by atoms with Crippen molar-refractivity contribution in [2.45, 2.75) is 50.6 Å².